The van der Waals surface area contributed by atoms with Crippen molar-refractivity contribution in [3.8, 4) is 11.8 Å². The molecule has 0 aliphatic heterocycles. The fourth-order valence-corrected chi connectivity index (χ4v) is 7.06. The molecule has 7 nitrogen and oxygen atoms in total. The van der Waals surface area contributed by atoms with Crippen molar-refractivity contribution in [3.63, 3.8) is 0 Å². The van der Waals surface area contributed by atoms with E-state index in [-0.39, 0.29) is 28.0 Å². The largest absolute Gasteiger partial charge is 0.507 e. The standard InChI is InChI=1S/C31H32N2O5S/c32-18-19-7-13-26(14-8-19)39(36,37)33-24-5-1-4-23(15-24)29(21-11-12-21)30-28(34)17-25(38-31(30)35)6-2-3-22-16-27(22)20-9-10-20/h1,4-5,7-8,13-15,17,20-22,27,29,33-34H,2-3,6,9-12,16H2. The molecule has 1 aromatic heterocycles. The number of benzene rings is 2. The molecule has 3 aliphatic rings. The van der Waals surface area contributed by atoms with Crippen LogP contribution in [0.25, 0.3) is 0 Å². The molecule has 3 fully saturated rings. The Balaban J connectivity index is 1.19. The molecular formula is C31H32N2O5S. The fourth-order valence-electron chi connectivity index (χ4n) is 6.01. The maximum Gasteiger partial charge on any atom is 0.343 e. The zero-order chi connectivity index (χ0) is 27.1. The van der Waals surface area contributed by atoms with Crippen molar-refractivity contribution in [1.29, 1.82) is 5.26 Å². The number of hydrogen-bond donors (Lipinski definition) is 2. The first-order valence-corrected chi connectivity index (χ1v) is 15.3. The van der Waals surface area contributed by atoms with Gasteiger partial charge in [0, 0.05) is 24.1 Å². The van der Waals surface area contributed by atoms with Crippen molar-refractivity contribution < 1.29 is 17.9 Å². The van der Waals surface area contributed by atoms with E-state index in [1.54, 1.807) is 24.3 Å². The van der Waals surface area contributed by atoms with Crippen LogP contribution in [0.1, 0.15) is 73.3 Å². The third-order valence-corrected chi connectivity index (χ3v) is 9.81. The molecular weight excluding hydrogens is 512 g/mol. The van der Waals surface area contributed by atoms with Gasteiger partial charge >= 0.3 is 5.63 Å². The maximum absolute atomic E-state index is 13.2. The number of nitrogens with zero attached hydrogens (tertiary/aromatic N) is 1. The Hall–Kier alpha value is -3.57. The molecule has 2 N–H and O–H groups in total. The maximum atomic E-state index is 13.2. The molecule has 202 valence electrons. The predicted molar refractivity (Wildman–Crippen MR) is 147 cm³/mol. The van der Waals surface area contributed by atoms with Gasteiger partial charge in [-0.05, 0) is 111 Å². The molecule has 3 saturated carbocycles. The molecule has 1 heterocycles. The highest BCUT2D eigenvalue weighted by Crippen LogP contribution is 2.56. The number of anilines is 1. The minimum atomic E-state index is -3.88. The van der Waals surface area contributed by atoms with Crippen LogP contribution in [0.4, 0.5) is 5.69 Å². The number of aromatic hydroxyl groups is 1. The fraction of sp³-hybridized carbons (Fsp3) is 0.419. The van der Waals surface area contributed by atoms with Gasteiger partial charge in [-0.3, -0.25) is 4.72 Å². The number of nitriles is 1. The lowest BCUT2D eigenvalue weighted by atomic mass is 9.87. The first kappa shape index (κ1) is 25.7. The van der Waals surface area contributed by atoms with Crippen LogP contribution in [0.5, 0.6) is 5.75 Å². The highest BCUT2D eigenvalue weighted by Gasteiger charge is 2.46. The quantitative estimate of drug-likeness (QED) is 0.309. The summed E-state index contributed by atoms with van der Waals surface area (Å²) in [6.45, 7) is 0. The second-order valence-corrected chi connectivity index (χ2v) is 13.1. The molecule has 2 aromatic carbocycles. The monoisotopic (exact) mass is 544 g/mol. The average molecular weight is 545 g/mol. The Morgan fingerprint density at radius 3 is 2.51 bits per heavy atom. The zero-order valence-corrected chi connectivity index (χ0v) is 22.5. The topological polar surface area (TPSA) is 120 Å². The molecule has 0 amide bonds. The minimum Gasteiger partial charge on any atom is -0.507 e. The lowest BCUT2D eigenvalue weighted by Gasteiger charge is -2.19. The second kappa shape index (κ2) is 10.2. The van der Waals surface area contributed by atoms with E-state index in [4.69, 9.17) is 9.68 Å². The number of rotatable bonds is 11. The summed E-state index contributed by atoms with van der Waals surface area (Å²) < 4.78 is 34.2. The molecule has 39 heavy (non-hydrogen) atoms. The lowest BCUT2D eigenvalue weighted by Crippen LogP contribution is -2.17. The Bertz CT molecular complexity index is 1580. The van der Waals surface area contributed by atoms with E-state index in [2.05, 4.69) is 4.72 Å². The van der Waals surface area contributed by atoms with Crippen LogP contribution in [0.3, 0.4) is 0 Å². The average Bonchev–Trinajstić information content (AvgIpc) is 3.75. The SMILES string of the molecule is N#Cc1ccc(S(=O)(=O)Nc2cccc(C(c3c(O)cc(CCCC4CC4C4CC4)oc3=O)C3CC3)c2)cc1. The van der Waals surface area contributed by atoms with Crippen LogP contribution in [0.15, 0.2) is 68.7 Å². The summed E-state index contributed by atoms with van der Waals surface area (Å²) in [6, 6.07) is 16.2. The van der Waals surface area contributed by atoms with E-state index in [1.165, 1.54) is 43.5 Å². The third kappa shape index (κ3) is 5.74. The van der Waals surface area contributed by atoms with Crippen molar-refractivity contribution in [2.24, 2.45) is 23.7 Å². The van der Waals surface area contributed by atoms with Gasteiger partial charge in [-0.1, -0.05) is 12.1 Å². The van der Waals surface area contributed by atoms with Crippen molar-refractivity contribution in [3.05, 3.63) is 87.5 Å². The van der Waals surface area contributed by atoms with Gasteiger partial charge in [0.15, 0.2) is 0 Å². The molecule has 3 unspecified atom stereocenters. The summed E-state index contributed by atoms with van der Waals surface area (Å²) in [6.07, 6.45) is 8.67. The molecule has 0 bridgehead atoms. The molecule has 6 rings (SSSR count). The molecule has 0 saturated heterocycles. The van der Waals surface area contributed by atoms with E-state index in [1.807, 2.05) is 12.1 Å². The Labute approximate surface area is 228 Å². The summed E-state index contributed by atoms with van der Waals surface area (Å²) in [5.41, 5.74) is 1.19. The highest BCUT2D eigenvalue weighted by atomic mass is 32.2. The highest BCUT2D eigenvalue weighted by molar-refractivity contribution is 7.92. The first-order chi connectivity index (χ1) is 18.8. The smallest absolute Gasteiger partial charge is 0.343 e. The Kier molecular flexibility index (Phi) is 6.72. The van der Waals surface area contributed by atoms with Crippen LogP contribution in [0, 0.1) is 35.0 Å². The van der Waals surface area contributed by atoms with E-state index >= 15 is 0 Å². The number of sulfonamides is 1. The van der Waals surface area contributed by atoms with Crippen LogP contribution >= 0.6 is 0 Å². The van der Waals surface area contributed by atoms with Crippen molar-refractivity contribution in [1.82, 2.24) is 0 Å². The minimum absolute atomic E-state index is 0.0456. The molecule has 0 spiro atoms. The van der Waals surface area contributed by atoms with Gasteiger partial charge < -0.3 is 9.52 Å². The van der Waals surface area contributed by atoms with Crippen LogP contribution in [-0.2, 0) is 16.4 Å². The van der Waals surface area contributed by atoms with Gasteiger partial charge in [0.25, 0.3) is 10.0 Å². The molecule has 0 radical (unpaired) electrons. The summed E-state index contributed by atoms with van der Waals surface area (Å²) >= 11 is 0. The Morgan fingerprint density at radius 2 is 1.85 bits per heavy atom. The summed E-state index contributed by atoms with van der Waals surface area (Å²) in [5.74, 6) is 2.94. The van der Waals surface area contributed by atoms with E-state index < -0.39 is 15.6 Å². The van der Waals surface area contributed by atoms with Crippen molar-refractivity contribution >= 4 is 15.7 Å². The van der Waals surface area contributed by atoms with E-state index in [9.17, 15) is 18.3 Å². The second-order valence-electron chi connectivity index (χ2n) is 11.4. The van der Waals surface area contributed by atoms with Gasteiger partial charge in [-0.2, -0.15) is 5.26 Å². The van der Waals surface area contributed by atoms with Crippen LogP contribution in [0.2, 0.25) is 0 Å². The van der Waals surface area contributed by atoms with Crippen molar-refractivity contribution in [2.45, 2.75) is 62.2 Å². The predicted octanol–water partition coefficient (Wildman–Crippen LogP) is 5.93. The first-order valence-electron chi connectivity index (χ1n) is 13.8. The van der Waals surface area contributed by atoms with Crippen LogP contribution in [-0.4, -0.2) is 13.5 Å². The van der Waals surface area contributed by atoms with Crippen LogP contribution < -0.4 is 10.3 Å². The van der Waals surface area contributed by atoms with E-state index in [0.717, 1.165) is 49.0 Å². The van der Waals surface area contributed by atoms with Gasteiger partial charge in [0.1, 0.15) is 11.5 Å². The lowest BCUT2D eigenvalue weighted by molar-refractivity contribution is 0.398. The van der Waals surface area contributed by atoms with Gasteiger partial charge in [0.05, 0.1) is 22.1 Å². The van der Waals surface area contributed by atoms with Crippen molar-refractivity contribution in [2.75, 3.05) is 4.72 Å². The normalized spacial score (nSPS) is 21.2. The molecule has 3 aromatic rings. The Morgan fingerprint density at radius 1 is 1.08 bits per heavy atom. The van der Waals surface area contributed by atoms with Gasteiger partial charge in [-0.25, -0.2) is 13.2 Å². The van der Waals surface area contributed by atoms with E-state index in [0.29, 0.717) is 23.4 Å². The third-order valence-electron chi connectivity index (χ3n) is 8.42. The summed E-state index contributed by atoms with van der Waals surface area (Å²) in [5, 5.41) is 19.9. The van der Waals surface area contributed by atoms with Gasteiger partial charge in [-0.15, -0.1) is 0 Å². The molecule has 3 atom stereocenters. The number of nitrogens with one attached hydrogen (secondary N) is 1. The molecule has 3 aliphatic carbocycles. The summed E-state index contributed by atoms with van der Waals surface area (Å²) in [7, 11) is -3.88. The zero-order valence-electron chi connectivity index (χ0n) is 21.7. The summed E-state index contributed by atoms with van der Waals surface area (Å²) in [4.78, 5) is 13.2. The number of hydrogen-bond acceptors (Lipinski definition) is 6. The van der Waals surface area contributed by atoms with Gasteiger partial charge in [0.2, 0.25) is 0 Å². The molecule has 8 heteroatoms. The number of aryl methyl sites for hydroxylation is 1.